The van der Waals surface area contributed by atoms with Crippen LogP contribution in [0.3, 0.4) is 0 Å². The van der Waals surface area contributed by atoms with Gasteiger partial charge in [-0.2, -0.15) is 0 Å². The Kier molecular flexibility index (Phi) is 6.04. The molecule has 0 saturated carbocycles. The van der Waals surface area contributed by atoms with Crippen molar-refractivity contribution in [1.82, 2.24) is 5.32 Å². The number of hydrogen-bond donors (Lipinski definition) is 3. The lowest BCUT2D eigenvalue weighted by molar-refractivity contribution is 0.0324. The second kappa shape index (κ2) is 6.63. The van der Waals surface area contributed by atoms with Crippen LogP contribution >= 0.6 is 0 Å². The summed E-state index contributed by atoms with van der Waals surface area (Å²) >= 11 is 0. The van der Waals surface area contributed by atoms with E-state index in [2.05, 4.69) is 16.6 Å². The summed E-state index contributed by atoms with van der Waals surface area (Å²) < 4.78 is 4.49. The lowest BCUT2D eigenvalue weighted by Crippen LogP contribution is -2.29. The molecule has 70 valence electrons. The van der Waals surface area contributed by atoms with E-state index in [1.165, 1.54) is 6.08 Å². The Hall–Kier alpha value is -1.07. The SMILES string of the molecule is C=CCNC(=O)OCC(O)CO. The van der Waals surface area contributed by atoms with Gasteiger partial charge in [-0.3, -0.25) is 0 Å². The average molecular weight is 175 g/mol. The average Bonchev–Trinajstić information content (AvgIpc) is 2.10. The largest absolute Gasteiger partial charge is 0.447 e. The molecule has 3 N–H and O–H groups in total. The molecule has 0 saturated heterocycles. The maximum absolute atomic E-state index is 10.6. The van der Waals surface area contributed by atoms with Gasteiger partial charge in [-0.05, 0) is 0 Å². The molecule has 1 unspecified atom stereocenters. The normalized spacial score (nSPS) is 11.8. The van der Waals surface area contributed by atoms with Crippen molar-refractivity contribution in [3.05, 3.63) is 12.7 Å². The molecule has 0 aliphatic heterocycles. The van der Waals surface area contributed by atoms with E-state index >= 15 is 0 Å². The molecule has 5 heteroatoms. The monoisotopic (exact) mass is 175 g/mol. The molecule has 0 aliphatic carbocycles. The molecule has 0 spiro atoms. The number of amides is 1. The molecule has 0 rings (SSSR count). The highest BCUT2D eigenvalue weighted by molar-refractivity contribution is 5.67. The Balaban J connectivity index is 3.36. The van der Waals surface area contributed by atoms with E-state index in [1.807, 2.05) is 0 Å². The van der Waals surface area contributed by atoms with Crippen molar-refractivity contribution in [1.29, 1.82) is 0 Å². The van der Waals surface area contributed by atoms with Gasteiger partial charge < -0.3 is 20.3 Å². The smallest absolute Gasteiger partial charge is 0.407 e. The van der Waals surface area contributed by atoms with Crippen molar-refractivity contribution in [2.45, 2.75) is 6.10 Å². The third kappa shape index (κ3) is 5.70. The number of nitrogens with one attached hydrogen (secondary N) is 1. The number of hydrogen-bond acceptors (Lipinski definition) is 4. The molecular formula is C7H13NO4. The molecular weight excluding hydrogens is 162 g/mol. The molecule has 0 aromatic carbocycles. The molecule has 1 amide bonds. The molecule has 0 radical (unpaired) electrons. The fourth-order valence-electron chi connectivity index (χ4n) is 0.431. The molecule has 0 aromatic rings. The van der Waals surface area contributed by atoms with Crippen molar-refractivity contribution in [3.63, 3.8) is 0 Å². The van der Waals surface area contributed by atoms with Crippen molar-refractivity contribution in [2.24, 2.45) is 0 Å². The zero-order valence-corrected chi connectivity index (χ0v) is 6.69. The number of alkyl carbamates (subject to hydrolysis) is 1. The zero-order valence-electron chi connectivity index (χ0n) is 6.69. The topological polar surface area (TPSA) is 78.8 Å². The van der Waals surface area contributed by atoms with Crippen LogP contribution in [0.1, 0.15) is 0 Å². The lowest BCUT2D eigenvalue weighted by Gasteiger charge is -2.08. The minimum Gasteiger partial charge on any atom is -0.447 e. The van der Waals surface area contributed by atoms with E-state index < -0.39 is 18.8 Å². The van der Waals surface area contributed by atoms with Crippen LogP contribution in [0.25, 0.3) is 0 Å². The van der Waals surface area contributed by atoms with Gasteiger partial charge in [-0.1, -0.05) is 6.08 Å². The van der Waals surface area contributed by atoms with Crippen LogP contribution in [0.4, 0.5) is 4.79 Å². The van der Waals surface area contributed by atoms with Gasteiger partial charge in [0.1, 0.15) is 12.7 Å². The first-order valence-electron chi connectivity index (χ1n) is 3.51. The summed E-state index contributed by atoms with van der Waals surface area (Å²) in [4.78, 5) is 10.6. The van der Waals surface area contributed by atoms with Gasteiger partial charge in [0, 0.05) is 6.54 Å². The van der Waals surface area contributed by atoms with E-state index in [9.17, 15) is 4.79 Å². The van der Waals surface area contributed by atoms with Crippen LogP contribution in [-0.4, -0.2) is 42.2 Å². The highest BCUT2D eigenvalue weighted by Gasteiger charge is 2.05. The quantitative estimate of drug-likeness (QED) is 0.480. The Morgan fingerprint density at radius 1 is 1.75 bits per heavy atom. The zero-order chi connectivity index (χ0) is 9.40. The molecule has 0 aliphatic rings. The molecule has 0 heterocycles. The van der Waals surface area contributed by atoms with Crippen LogP contribution in [0, 0.1) is 0 Å². The predicted octanol–water partition coefficient (Wildman–Crippen LogP) is -0.748. The van der Waals surface area contributed by atoms with Gasteiger partial charge in [0.25, 0.3) is 0 Å². The molecule has 0 bridgehead atoms. The summed E-state index contributed by atoms with van der Waals surface area (Å²) in [5.41, 5.74) is 0. The fourth-order valence-corrected chi connectivity index (χ4v) is 0.431. The summed E-state index contributed by atoms with van der Waals surface area (Å²) in [6.45, 7) is 3.07. The van der Waals surface area contributed by atoms with Crippen LogP contribution in [0.5, 0.6) is 0 Å². The number of aliphatic hydroxyl groups excluding tert-OH is 2. The summed E-state index contributed by atoms with van der Waals surface area (Å²) in [6.07, 6.45) is -0.147. The molecule has 0 aromatic heterocycles. The van der Waals surface area contributed by atoms with E-state index in [0.717, 1.165) is 0 Å². The molecule has 5 nitrogen and oxygen atoms in total. The standard InChI is InChI=1S/C7H13NO4/c1-2-3-8-7(11)12-5-6(10)4-9/h2,6,9-10H,1,3-5H2,(H,8,11). The second-order valence-electron chi connectivity index (χ2n) is 2.10. The number of carbonyl (C=O) groups excluding carboxylic acids is 1. The van der Waals surface area contributed by atoms with Gasteiger partial charge in [0.15, 0.2) is 0 Å². The number of aliphatic hydroxyl groups is 2. The predicted molar refractivity (Wildman–Crippen MR) is 42.6 cm³/mol. The third-order valence-corrected chi connectivity index (χ3v) is 1.01. The minimum atomic E-state index is -1.01. The van der Waals surface area contributed by atoms with Gasteiger partial charge in [-0.25, -0.2) is 4.79 Å². The van der Waals surface area contributed by atoms with Gasteiger partial charge >= 0.3 is 6.09 Å². The van der Waals surface area contributed by atoms with Crippen molar-refractivity contribution >= 4 is 6.09 Å². The highest BCUT2D eigenvalue weighted by Crippen LogP contribution is 1.84. The van der Waals surface area contributed by atoms with Crippen LogP contribution in [0.15, 0.2) is 12.7 Å². The summed E-state index contributed by atoms with van der Waals surface area (Å²) in [7, 11) is 0. The molecule has 1 atom stereocenters. The summed E-state index contributed by atoms with van der Waals surface area (Å²) in [5.74, 6) is 0. The Morgan fingerprint density at radius 3 is 2.92 bits per heavy atom. The number of carbonyl (C=O) groups is 1. The number of rotatable bonds is 5. The minimum absolute atomic E-state index is 0.209. The van der Waals surface area contributed by atoms with E-state index in [4.69, 9.17) is 10.2 Å². The fraction of sp³-hybridized carbons (Fsp3) is 0.571. The summed E-state index contributed by atoms with van der Waals surface area (Å²) in [6, 6.07) is 0. The van der Waals surface area contributed by atoms with E-state index in [-0.39, 0.29) is 6.61 Å². The van der Waals surface area contributed by atoms with Crippen LogP contribution in [-0.2, 0) is 4.74 Å². The first kappa shape index (κ1) is 10.9. The Morgan fingerprint density at radius 2 is 2.42 bits per heavy atom. The van der Waals surface area contributed by atoms with Crippen molar-refractivity contribution in [2.75, 3.05) is 19.8 Å². The molecule has 0 fully saturated rings. The van der Waals surface area contributed by atoms with Crippen molar-refractivity contribution < 1.29 is 19.7 Å². The van der Waals surface area contributed by atoms with Crippen LogP contribution < -0.4 is 5.32 Å². The van der Waals surface area contributed by atoms with Gasteiger partial charge in [0.05, 0.1) is 6.61 Å². The maximum Gasteiger partial charge on any atom is 0.407 e. The van der Waals surface area contributed by atoms with Gasteiger partial charge in [-0.15, -0.1) is 6.58 Å². The first-order chi connectivity index (χ1) is 5.70. The third-order valence-electron chi connectivity index (χ3n) is 1.01. The Bertz CT molecular complexity index is 148. The number of ether oxygens (including phenoxy) is 1. The lowest BCUT2D eigenvalue weighted by atomic mass is 10.4. The van der Waals surface area contributed by atoms with Crippen LogP contribution in [0.2, 0.25) is 0 Å². The maximum atomic E-state index is 10.6. The van der Waals surface area contributed by atoms with E-state index in [0.29, 0.717) is 6.54 Å². The highest BCUT2D eigenvalue weighted by atomic mass is 16.6. The first-order valence-corrected chi connectivity index (χ1v) is 3.51. The summed E-state index contributed by atoms with van der Waals surface area (Å²) in [5, 5.41) is 19.4. The molecule has 12 heavy (non-hydrogen) atoms. The van der Waals surface area contributed by atoms with Crippen molar-refractivity contribution in [3.8, 4) is 0 Å². The Labute approximate surface area is 70.7 Å². The van der Waals surface area contributed by atoms with E-state index in [1.54, 1.807) is 0 Å². The van der Waals surface area contributed by atoms with Gasteiger partial charge in [0.2, 0.25) is 0 Å². The second-order valence-corrected chi connectivity index (χ2v) is 2.10.